The van der Waals surface area contributed by atoms with E-state index in [-0.39, 0.29) is 11.0 Å². The Balaban J connectivity index is 0.880. The third-order valence-electron chi connectivity index (χ3n) is 19.1. The van der Waals surface area contributed by atoms with Gasteiger partial charge in [0.25, 0.3) is 0 Å². The minimum atomic E-state index is -0.283. The summed E-state index contributed by atoms with van der Waals surface area (Å²) in [5, 5.41) is 5.09. The van der Waals surface area contributed by atoms with Crippen molar-refractivity contribution in [3.8, 4) is 100 Å². The molecule has 0 spiro atoms. The van der Waals surface area contributed by atoms with E-state index in [4.69, 9.17) is 0 Å². The lowest BCUT2D eigenvalue weighted by atomic mass is 9.58. The Bertz CT molecular complexity index is 4600. The van der Waals surface area contributed by atoms with Crippen molar-refractivity contribution in [1.29, 1.82) is 0 Å². The molecule has 0 radical (unpaired) electrons. The molecule has 86 heavy (non-hydrogen) atoms. The summed E-state index contributed by atoms with van der Waals surface area (Å²) in [6.07, 6.45) is 7.48. The number of hydrogen-bond donors (Lipinski definition) is 0. The van der Waals surface area contributed by atoms with E-state index in [1.165, 1.54) is 122 Å². The highest BCUT2D eigenvalue weighted by Gasteiger charge is 2.60. The van der Waals surface area contributed by atoms with Crippen LogP contribution in [-0.4, -0.2) is 0 Å². The van der Waals surface area contributed by atoms with E-state index < -0.39 is 0 Å². The van der Waals surface area contributed by atoms with Crippen molar-refractivity contribution >= 4 is 27.1 Å². The quantitative estimate of drug-likeness (QED) is 0.0851. The average molecular weight is 1100 g/mol. The van der Waals surface area contributed by atoms with E-state index in [0.717, 1.165) is 36.0 Å². The zero-order valence-corrected chi connectivity index (χ0v) is 49.0. The normalized spacial score (nSPS) is 15.4. The summed E-state index contributed by atoms with van der Waals surface area (Å²) in [7, 11) is 0. The van der Waals surface area contributed by atoms with Gasteiger partial charge in [0, 0.05) is 30.7 Å². The van der Waals surface area contributed by atoms with Crippen LogP contribution >= 0.6 is 0 Å². The first-order valence-corrected chi connectivity index (χ1v) is 30.5. The largest absolute Gasteiger partial charge is 0.226 e. The monoisotopic (exact) mass is 1100 g/mol. The zero-order valence-electron chi connectivity index (χ0n) is 49.0. The maximum absolute atomic E-state index is 2.67. The molecule has 1 aliphatic heterocycles. The molecule has 0 aliphatic carbocycles. The summed E-state index contributed by atoms with van der Waals surface area (Å²) in [5.41, 5.74) is 24.9. The minimum absolute atomic E-state index is 0.223. The van der Waals surface area contributed by atoms with Gasteiger partial charge < -0.3 is 0 Å². The molecule has 2 unspecified atom stereocenters. The van der Waals surface area contributed by atoms with E-state index >= 15 is 0 Å². The first-order valence-electron chi connectivity index (χ1n) is 30.5. The summed E-state index contributed by atoms with van der Waals surface area (Å²) < 4.78 is 5.17. The minimum Gasteiger partial charge on any atom is -0.191 e. The highest BCUT2D eigenvalue weighted by atomic mass is 15.1. The van der Waals surface area contributed by atoms with Gasteiger partial charge in [0.1, 0.15) is 0 Å². The molecule has 1 aliphatic rings. The predicted octanol–water partition coefficient (Wildman–Crippen LogP) is 21.1. The van der Waals surface area contributed by atoms with E-state index in [2.05, 4.69) is 339 Å². The van der Waals surface area contributed by atoms with Crippen LogP contribution < -0.4 is 8.97 Å². The second-order valence-electron chi connectivity index (χ2n) is 23.8. The molecule has 0 amide bonds. The highest BCUT2D eigenvalue weighted by molar-refractivity contribution is 6.07. The number of rotatable bonds is 12. The lowest BCUT2D eigenvalue weighted by Gasteiger charge is -2.47. The topological polar surface area (TPSA) is 7.98 Å². The van der Waals surface area contributed by atoms with Crippen molar-refractivity contribution in [2.45, 2.75) is 51.0 Å². The number of benzene rings is 11. The van der Waals surface area contributed by atoms with Crippen LogP contribution in [0.2, 0.25) is 0 Å². The molecule has 410 valence electrons. The van der Waals surface area contributed by atoms with Gasteiger partial charge in [0.15, 0.2) is 23.6 Å². The zero-order chi connectivity index (χ0) is 57.8. The summed E-state index contributed by atoms with van der Waals surface area (Å²) in [5.74, 6) is 0. The fourth-order valence-corrected chi connectivity index (χ4v) is 14.5. The molecule has 0 N–H and O–H groups in total. The Labute approximate surface area is 505 Å². The molecular weight excluding hydrogens is 1040 g/mol. The highest BCUT2D eigenvalue weighted by Crippen LogP contribution is 2.52. The average Bonchev–Trinajstić information content (AvgIpc) is 0.803. The van der Waals surface area contributed by atoms with E-state index in [1.807, 2.05) is 0 Å². The molecule has 3 aromatic heterocycles. The Hall–Kier alpha value is -10.3. The first-order chi connectivity index (χ1) is 42.3. The van der Waals surface area contributed by atoms with Gasteiger partial charge in [-0.05, 0) is 204 Å². The van der Waals surface area contributed by atoms with Crippen molar-refractivity contribution < 1.29 is 8.97 Å². The van der Waals surface area contributed by atoms with E-state index in [0.29, 0.717) is 0 Å². The number of aromatic nitrogens is 2. The number of pyridine rings is 3. The van der Waals surface area contributed by atoms with Crippen LogP contribution in [0.1, 0.15) is 44.9 Å². The van der Waals surface area contributed by atoms with E-state index in [1.54, 1.807) is 0 Å². The fraction of sp³-hybridized carbons (Fsp3) is 0.0952. The van der Waals surface area contributed by atoms with Crippen molar-refractivity contribution in [2.24, 2.45) is 0 Å². The Morgan fingerprint density at radius 3 is 1.20 bits per heavy atom. The summed E-state index contributed by atoms with van der Waals surface area (Å²) in [6.45, 7) is 7.36. The standard InChI is InChI=1S/C84H66N2/c1-4-83(3)80-41-40-65(56-79(80)81-39-22-23-43-86(81)84(83,5-2)57-76-55-66-34-19-21-38-78(66)82-77-37-20-18-33-62(77)42-44-85(76)82)63-35-24-36-64(45-63)71-52-74(72-48-67(58-25-10-6-11-26-58)46-68(49-72)59-27-12-7-13-28-59)54-75(53-71)73-50-69(60-29-14-8-15-30-60)47-70(51-73)61-31-16-9-17-32-61/h6-56H,4-5,57H2,1-3H3/q+2. The first kappa shape index (κ1) is 52.5. The molecule has 0 saturated carbocycles. The van der Waals surface area contributed by atoms with Crippen LogP contribution in [0.5, 0.6) is 0 Å². The molecule has 2 atom stereocenters. The Morgan fingerprint density at radius 2 is 0.698 bits per heavy atom. The molecule has 2 nitrogen and oxygen atoms in total. The maximum Gasteiger partial charge on any atom is 0.226 e. The molecule has 0 bridgehead atoms. The third-order valence-corrected chi connectivity index (χ3v) is 19.1. The van der Waals surface area contributed by atoms with Gasteiger partial charge in [0.05, 0.1) is 28.2 Å². The van der Waals surface area contributed by atoms with Crippen molar-refractivity contribution in [3.05, 3.63) is 321 Å². The number of hydrogen-bond acceptors (Lipinski definition) is 0. The van der Waals surface area contributed by atoms with Crippen LogP contribution in [0.25, 0.3) is 127 Å². The molecule has 15 rings (SSSR count). The van der Waals surface area contributed by atoms with Crippen molar-refractivity contribution in [3.63, 3.8) is 0 Å². The van der Waals surface area contributed by atoms with Gasteiger partial charge in [-0.1, -0.05) is 202 Å². The molecular formula is C84H66N2+2. The Kier molecular flexibility index (Phi) is 13.3. The smallest absolute Gasteiger partial charge is 0.191 e. The lowest BCUT2D eigenvalue weighted by Crippen LogP contribution is -2.70. The number of nitrogens with zero attached hydrogens (tertiary/aromatic N) is 2. The van der Waals surface area contributed by atoms with E-state index in [9.17, 15) is 0 Å². The number of fused-ring (bicyclic) bond motifs is 8. The molecule has 4 heterocycles. The second-order valence-corrected chi connectivity index (χ2v) is 23.8. The molecule has 11 aromatic carbocycles. The van der Waals surface area contributed by atoms with Gasteiger partial charge in [-0.3, -0.25) is 0 Å². The van der Waals surface area contributed by atoms with Crippen LogP contribution in [-0.2, 0) is 17.4 Å². The van der Waals surface area contributed by atoms with Crippen LogP contribution in [0.3, 0.4) is 0 Å². The predicted molar refractivity (Wildman–Crippen MR) is 360 cm³/mol. The van der Waals surface area contributed by atoms with Gasteiger partial charge >= 0.3 is 0 Å². The molecule has 2 heteroatoms. The summed E-state index contributed by atoms with van der Waals surface area (Å²) >= 11 is 0. The second kappa shape index (κ2) is 21.7. The van der Waals surface area contributed by atoms with Gasteiger partial charge in [-0.15, -0.1) is 0 Å². The molecule has 14 aromatic rings. The van der Waals surface area contributed by atoms with Crippen LogP contribution in [0.4, 0.5) is 0 Å². The third kappa shape index (κ3) is 9.12. The van der Waals surface area contributed by atoms with Crippen LogP contribution in [0.15, 0.2) is 310 Å². The molecule has 0 saturated heterocycles. The van der Waals surface area contributed by atoms with Crippen molar-refractivity contribution in [1.82, 2.24) is 0 Å². The summed E-state index contributed by atoms with van der Waals surface area (Å²) in [6, 6.07) is 111. The molecule has 0 fully saturated rings. The van der Waals surface area contributed by atoms with Crippen molar-refractivity contribution in [2.75, 3.05) is 0 Å². The van der Waals surface area contributed by atoms with Gasteiger partial charge in [-0.25, -0.2) is 0 Å². The van der Waals surface area contributed by atoms with Gasteiger partial charge in [0.2, 0.25) is 11.2 Å². The SMILES string of the molecule is CCC1(C)c2ccc(-c3cccc(-c4cc(-c5cc(-c6ccccc6)cc(-c6ccccc6)c5)cc(-c5cc(-c6ccccc6)cc(-c6ccccc6)c5)c4)c3)cc2-c2cccc[n+]2C1(CC)Cc1cc2ccccc2c2c3ccccc3cc[n+]12. The van der Waals surface area contributed by atoms with Gasteiger partial charge in [-0.2, -0.15) is 8.97 Å². The maximum atomic E-state index is 2.67. The lowest BCUT2D eigenvalue weighted by molar-refractivity contribution is -0.771. The fourth-order valence-electron chi connectivity index (χ4n) is 14.5. The van der Waals surface area contributed by atoms with Crippen LogP contribution in [0, 0.1) is 0 Å². The summed E-state index contributed by atoms with van der Waals surface area (Å²) in [4.78, 5) is 0. The Morgan fingerprint density at radius 1 is 0.302 bits per heavy atom.